The van der Waals surface area contributed by atoms with Crippen molar-refractivity contribution in [2.75, 3.05) is 0 Å². The summed E-state index contributed by atoms with van der Waals surface area (Å²) in [7, 11) is 0. The molecule has 0 aliphatic carbocycles. The smallest absolute Gasteiger partial charge is 0.106 e. The first-order valence-corrected chi connectivity index (χ1v) is 5.16. The van der Waals surface area contributed by atoms with Crippen LogP contribution in [0.5, 0.6) is 0 Å². The molecule has 0 aliphatic heterocycles. The molecule has 0 unspecified atom stereocenters. The molecule has 2 rings (SSSR count). The number of nitrogens with two attached hydrogens (primary N) is 1. The fourth-order valence-corrected chi connectivity index (χ4v) is 1.55. The van der Waals surface area contributed by atoms with Crippen LogP contribution in [0.15, 0.2) is 30.5 Å². The molecule has 0 spiro atoms. The van der Waals surface area contributed by atoms with Crippen molar-refractivity contribution in [2.24, 2.45) is 5.73 Å². The van der Waals surface area contributed by atoms with Gasteiger partial charge in [-0.15, -0.1) is 0 Å². The number of hydrogen-bond acceptors (Lipinski definition) is 2. The third-order valence-electron chi connectivity index (χ3n) is 2.44. The molecule has 0 bridgehead atoms. The normalized spacial score (nSPS) is 10.5. The summed E-state index contributed by atoms with van der Waals surface area (Å²) >= 11 is 0. The highest BCUT2D eigenvalue weighted by atomic mass is 14.9. The van der Waals surface area contributed by atoms with Crippen LogP contribution in [0.25, 0.3) is 11.3 Å². The molecule has 0 aliphatic rings. The minimum absolute atomic E-state index is 0.572. The zero-order chi connectivity index (χ0) is 10.7. The van der Waals surface area contributed by atoms with E-state index < -0.39 is 0 Å². The van der Waals surface area contributed by atoms with Gasteiger partial charge in [0.15, 0.2) is 0 Å². The Morgan fingerprint density at radius 3 is 2.93 bits per heavy atom. The van der Waals surface area contributed by atoms with Gasteiger partial charge in [-0.2, -0.15) is 0 Å². The van der Waals surface area contributed by atoms with Gasteiger partial charge in [0.1, 0.15) is 5.82 Å². The Labute approximate surface area is 89.4 Å². The van der Waals surface area contributed by atoms with E-state index in [9.17, 15) is 0 Å². The molecule has 1 aromatic carbocycles. The second-order valence-electron chi connectivity index (χ2n) is 3.50. The monoisotopic (exact) mass is 201 g/mol. The maximum Gasteiger partial charge on any atom is 0.106 e. The van der Waals surface area contributed by atoms with Gasteiger partial charge in [-0.3, -0.25) is 0 Å². The average molecular weight is 201 g/mol. The Bertz CT molecular complexity index is 446. The van der Waals surface area contributed by atoms with Gasteiger partial charge in [-0.1, -0.05) is 25.1 Å². The van der Waals surface area contributed by atoms with E-state index in [1.807, 2.05) is 18.3 Å². The van der Waals surface area contributed by atoms with Crippen molar-refractivity contribution in [2.45, 2.75) is 19.9 Å². The number of aromatic amines is 1. The molecule has 0 saturated heterocycles. The van der Waals surface area contributed by atoms with Crippen LogP contribution in [0.4, 0.5) is 0 Å². The highest BCUT2D eigenvalue weighted by Gasteiger charge is 2.02. The van der Waals surface area contributed by atoms with Crippen LogP contribution in [0.1, 0.15) is 18.3 Å². The zero-order valence-corrected chi connectivity index (χ0v) is 8.83. The Morgan fingerprint density at radius 2 is 2.27 bits per heavy atom. The van der Waals surface area contributed by atoms with Gasteiger partial charge in [-0.25, -0.2) is 4.98 Å². The Morgan fingerprint density at radius 1 is 1.40 bits per heavy atom. The lowest BCUT2D eigenvalue weighted by Crippen LogP contribution is -1.95. The van der Waals surface area contributed by atoms with Gasteiger partial charge in [0.2, 0.25) is 0 Å². The first-order valence-electron chi connectivity index (χ1n) is 5.16. The Balaban J connectivity index is 2.35. The summed E-state index contributed by atoms with van der Waals surface area (Å²) < 4.78 is 0. The van der Waals surface area contributed by atoms with Crippen LogP contribution in [-0.4, -0.2) is 9.97 Å². The molecule has 3 N–H and O–H groups in total. The molecule has 0 saturated carbocycles. The number of benzene rings is 1. The van der Waals surface area contributed by atoms with Crippen LogP contribution in [0.2, 0.25) is 0 Å². The summed E-state index contributed by atoms with van der Waals surface area (Å²) in [4.78, 5) is 7.56. The molecule has 2 aromatic rings. The predicted octanol–water partition coefficient (Wildman–Crippen LogP) is 2.10. The van der Waals surface area contributed by atoms with Crippen LogP contribution in [-0.2, 0) is 13.0 Å². The number of rotatable bonds is 3. The highest BCUT2D eigenvalue weighted by Crippen LogP contribution is 2.18. The van der Waals surface area contributed by atoms with E-state index in [0.717, 1.165) is 29.1 Å². The van der Waals surface area contributed by atoms with E-state index in [-0.39, 0.29) is 0 Å². The third kappa shape index (κ3) is 2.07. The van der Waals surface area contributed by atoms with Crippen molar-refractivity contribution >= 4 is 0 Å². The first-order chi connectivity index (χ1) is 7.33. The maximum atomic E-state index is 5.60. The third-order valence-corrected chi connectivity index (χ3v) is 2.44. The number of nitrogens with zero attached hydrogens (tertiary/aromatic N) is 1. The number of nitrogens with one attached hydrogen (secondary N) is 1. The van der Waals surface area contributed by atoms with E-state index >= 15 is 0 Å². The van der Waals surface area contributed by atoms with E-state index in [1.165, 1.54) is 0 Å². The summed E-state index contributed by atoms with van der Waals surface area (Å²) in [5.74, 6) is 1.02. The standard InChI is InChI=1S/C12H15N3/c1-2-12-14-8-11(15-12)10-5-3-4-9(6-10)7-13/h3-6,8H,2,7,13H2,1H3,(H,14,15). The fraction of sp³-hybridized carbons (Fsp3) is 0.250. The van der Waals surface area contributed by atoms with E-state index in [0.29, 0.717) is 6.54 Å². The van der Waals surface area contributed by atoms with Gasteiger partial charge >= 0.3 is 0 Å². The summed E-state index contributed by atoms with van der Waals surface area (Å²) in [5, 5.41) is 0. The molecule has 3 heteroatoms. The summed E-state index contributed by atoms with van der Waals surface area (Å²) in [6, 6.07) is 8.20. The molecule has 0 fully saturated rings. The van der Waals surface area contributed by atoms with E-state index in [4.69, 9.17) is 5.73 Å². The first kappa shape index (κ1) is 9.93. The van der Waals surface area contributed by atoms with E-state index in [1.54, 1.807) is 0 Å². The molecule has 1 aromatic heterocycles. The topological polar surface area (TPSA) is 54.7 Å². The molecule has 78 valence electrons. The van der Waals surface area contributed by atoms with Gasteiger partial charge in [0, 0.05) is 13.0 Å². The van der Waals surface area contributed by atoms with Gasteiger partial charge in [0.25, 0.3) is 0 Å². The lowest BCUT2D eigenvalue weighted by molar-refractivity contribution is 0.990. The largest absolute Gasteiger partial charge is 0.342 e. The predicted molar refractivity (Wildman–Crippen MR) is 61.3 cm³/mol. The van der Waals surface area contributed by atoms with Crippen LogP contribution >= 0.6 is 0 Å². The van der Waals surface area contributed by atoms with Crippen LogP contribution in [0.3, 0.4) is 0 Å². The van der Waals surface area contributed by atoms with E-state index in [2.05, 4.69) is 29.0 Å². The van der Waals surface area contributed by atoms with Crippen molar-refractivity contribution in [3.63, 3.8) is 0 Å². The molecule has 15 heavy (non-hydrogen) atoms. The van der Waals surface area contributed by atoms with Crippen molar-refractivity contribution in [1.82, 2.24) is 9.97 Å². The summed E-state index contributed by atoms with van der Waals surface area (Å²) in [6.45, 7) is 2.65. The van der Waals surface area contributed by atoms with Crippen molar-refractivity contribution in [1.29, 1.82) is 0 Å². The minimum Gasteiger partial charge on any atom is -0.342 e. The molecule has 0 amide bonds. The molecule has 1 heterocycles. The molecular formula is C12H15N3. The zero-order valence-electron chi connectivity index (χ0n) is 8.83. The second kappa shape index (κ2) is 4.28. The summed E-state index contributed by atoms with van der Waals surface area (Å²) in [5.41, 5.74) is 8.94. The summed E-state index contributed by atoms with van der Waals surface area (Å²) in [6.07, 6.45) is 2.80. The number of aromatic nitrogens is 2. The van der Waals surface area contributed by atoms with Crippen molar-refractivity contribution in [3.05, 3.63) is 41.9 Å². The van der Waals surface area contributed by atoms with Crippen LogP contribution < -0.4 is 5.73 Å². The highest BCUT2D eigenvalue weighted by molar-refractivity contribution is 5.59. The molecule has 0 atom stereocenters. The Kier molecular flexibility index (Phi) is 2.83. The second-order valence-corrected chi connectivity index (χ2v) is 3.50. The number of H-pyrrole nitrogens is 1. The molecule has 0 radical (unpaired) electrons. The van der Waals surface area contributed by atoms with Gasteiger partial charge in [0.05, 0.1) is 11.9 Å². The lowest BCUT2D eigenvalue weighted by atomic mass is 10.1. The number of hydrogen-bond donors (Lipinski definition) is 2. The van der Waals surface area contributed by atoms with Gasteiger partial charge in [-0.05, 0) is 17.2 Å². The SMILES string of the molecule is CCc1ncc(-c2cccc(CN)c2)[nH]1. The number of imidazole rings is 1. The maximum absolute atomic E-state index is 5.60. The Hall–Kier alpha value is -1.61. The number of aryl methyl sites for hydroxylation is 1. The van der Waals surface area contributed by atoms with Crippen molar-refractivity contribution < 1.29 is 0 Å². The average Bonchev–Trinajstić information content (AvgIpc) is 2.78. The fourth-order valence-electron chi connectivity index (χ4n) is 1.55. The quantitative estimate of drug-likeness (QED) is 0.799. The van der Waals surface area contributed by atoms with Crippen molar-refractivity contribution in [3.8, 4) is 11.3 Å². The molecular weight excluding hydrogens is 186 g/mol. The van der Waals surface area contributed by atoms with Gasteiger partial charge < -0.3 is 10.7 Å². The molecule has 3 nitrogen and oxygen atoms in total. The van der Waals surface area contributed by atoms with Crippen LogP contribution in [0, 0.1) is 0 Å². The lowest BCUT2D eigenvalue weighted by Gasteiger charge is -2.00. The minimum atomic E-state index is 0.572.